The van der Waals surface area contributed by atoms with Crippen molar-refractivity contribution in [1.82, 2.24) is 0 Å². The molecule has 0 aromatic heterocycles. The fourth-order valence-electron chi connectivity index (χ4n) is 0.664. The Balaban J connectivity index is 3.88. The summed E-state index contributed by atoms with van der Waals surface area (Å²) in [5.41, 5.74) is 0.199. The van der Waals surface area contributed by atoms with Crippen LogP contribution in [-0.2, 0) is 4.79 Å². The first-order chi connectivity index (χ1) is 5.11. The molecule has 64 valence electrons. The lowest BCUT2D eigenvalue weighted by atomic mass is 10.0. The van der Waals surface area contributed by atoms with Gasteiger partial charge >= 0.3 is 0 Å². The average Bonchev–Trinajstić information content (AvgIpc) is 2.02. The highest BCUT2D eigenvalue weighted by atomic mass is 16.4. The minimum absolute atomic E-state index is 0.0677. The Morgan fingerprint density at radius 1 is 1.64 bits per heavy atom. The Morgan fingerprint density at radius 2 is 2.18 bits per heavy atom. The van der Waals surface area contributed by atoms with Gasteiger partial charge in [-0.3, -0.25) is 4.79 Å². The molecule has 0 aromatic carbocycles. The van der Waals surface area contributed by atoms with E-state index in [1.54, 1.807) is 0 Å². The first kappa shape index (κ1) is 10.1. The van der Waals surface area contributed by atoms with Gasteiger partial charge in [0.15, 0.2) is 5.78 Å². The lowest BCUT2D eigenvalue weighted by molar-refractivity contribution is -0.113. The van der Waals surface area contributed by atoms with Crippen LogP contribution >= 0.6 is 0 Å². The molecule has 1 unspecified atom stereocenters. The zero-order valence-electron chi connectivity index (χ0n) is 7.29. The van der Waals surface area contributed by atoms with Crippen LogP contribution in [0.25, 0.3) is 0 Å². The second-order valence-corrected chi connectivity index (χ2v) is 2.83. The monoisotopic (exact) mass is 157 g/mol. The summed E-state index contributed by atoms with van der Waals surface area (Å²) >= 11 is 0. The number of rotatable bonds is 4. The Kier molecular flexibility index (Phi) is 4.50. The zero-order valence-corrected chi connectivity index (χ0v) is 7.29. The largest absolute Gasteiger partial charge is 0.411 e. The summed E-state index contributed by atoms with van der Waals surface area (Å²) in [7, 11) is 0. The minimum atomic E-state index is -0.0677. The van der Waals surface area contributed by atoms with Gasteiger partial charge in [-0.05, 0) is 12.8 Å². The van der Waals surface area contributed by atoms with E-state index in [1.165, 1.54) is 6.92 Å². The van der Waals surface area contributed by atoms with E-state index in [2.05, 4.69) is 5.16 Å². The van der Waals surface area contributed by atoms with Crippen molar-refractivity contribution in [2.75, 3.05) is 0 Å². The van der Waals surface area contributed by atoms with E-state index in [0.717, 1.165) is 6.42 Å². The summed E-state index contributed by atoms with van der Waals surface area (Å²) in [6.45, 7) is 5.55. The number of carbonyl (C=O) groups excluding carboxylic acids is 1. The van der Waals surface area contributed by atoms with Crippen molar-refractivity contribution in [3.63, 3.8) is 0 Å². The van der Waals surface area contributed by atoms with Gasteiger partial charge in [0.25, 0.3) is 0 Å². The van der Waals surface area contributed by atoms with Gasteiger partial charge in [-0.25, -0.2) is 0 Å². The van der Waals surface area contributed by atoms with Crippen molar-refractivity contribution in [2.45, 2.75) is 33.6 Å². The maximum Gasteiger partial charge on any atom is 0.180 e. The highest BCUT2D eigenvalue weighted by Gasteiger charge is 2.10. The molecular formula is C8H15NO2. The zero-order chi connectivity index (χ0) is 8.85. The SMILES string of the molecule is CCC(C)CC(=O)/C(C)=N\O. The minimum Gasteiger partial charge on any atom is -0.411 e. The third-order valence-electron chi connectivity index (χ3n) is 1.78. The highest BCUT2D eigenvalue weighted by molar-refractivity contribution is 6.38. The van der Waals surface area contributed by atoms with Crippen molar-refractivity contribution in [1.29, 1.82) is 0 Å². The second-order valence-electron chi connectivity index (χ2n) is 2.83. The molecular weight excluding hydrogens is 142 g/mol. The van der Waals surface area contributed by atoms with Gasteiger partial charge in [-0.1, -0.05) is 25.4 Å². The van der Waals surface area contributed by atoms with Crippen LogP contribution < -0.4 is 0 Å². The number of ketones is 1. The number of oxime groups is 1. The molecule has 1 N–H and O–H groups in total. The molecule has 0 aromatic rings. The van der Waals surface area contributed by atoms with Crippen LogP contribution in [0.2, 0.25) is 0 Å². The van der Waals surface area contributed by atoms with Crippen LogP contribution in [0, 0.1) is 5.92 Å². The van der Waals surface area contributed by atoms with E-state index in [9.17, 15) is 4.79 Å². The van der Waals surface area contributed by atoms with Gasteiger partial charge in [0.1, 0.15) is 5.71 Å². The highest BCUT2D eigenvalue weighted by Crippen LogP contribution is 2.07. The average molecular weight is 157 g/mol. The maximum absolute atomic E-state index is 11.1. The molecule has 0 aliphatic heterocycles. The Bertz CT molecular complexity index is 163. The second kappa shape index (κ2) is 4.88. The van der Waals surface area contributed by atoms with Crippen molar-refractivity contribution < 1.29 is 10.0 Å². The van der Waals surface area contributed by atoms with E-state index in [1.807, 2.05) is 13.8 Å². The molecule has 0 amide bonds. The third kappa shape index (κ3) is 3.75. The van der Waals surface area contributed by atoms with Crippen LogP contribution in [0.15, 0.2) is 5.16 Å². The summed E-state index contributed by atoms with van der Waals surface area (Å²) in [5, 5.41) is 11.1. The summed E-state index contributed by atoms with van der Waals surface area (Å²) < 4.78 is 0. The fraction of sp³-hybridized carbons (Fsp3) is 0.750. The van der Waals surface area contributed by atoms with Crippen molar-refractivity contribution in [2.24, 2.45) is 11.1 Å². The van der Waals surface area contributed by atoms with Crippen molar-refractivity contribution in [3.05, 3.63) is 0 Å². The lowest BCUT2D eigenvalue weighted by Crippen LogP contribution is -2.13. The van der Waals surface area contributed by atoms with Crippen molar-refractivity contribution >= 4 is 11.5 Å². The molecule has 0 fully saturated rings. The number of hydrogen-bond acceptors (Lipinski definition) is 3. The number of Topliss-reactive ketones (excluding diaryl/α,β-unsaturated/α-hetero) is 1. The molecule has 11 heavy (non-hydrogen) atoms. The van der Waals surface area contributed by atoms with Gasteiger partial charge in [-0.2, -0.15) is 0 Å². The van der Waals surface area contributed by atoms with Gasteiger partial charge in [-0.15, -0.1) is 0 Å². The van der Waals surface area contributed by atoms with Crippen LogP contribution in [0.3, 0.4) is 0 Å². The molecule has 0 radical (unpaired) electrons. The van der Waals surface area contributed by atoms with E-state index in [0.29, 0.717) is 12.3 Å². The molecule has 0 spiro atoms. The fourth-order valence-corrected chi connectivity index (χ4v) is 0.664. The van der Waals surface area contributed by atoms with Crippen LogP contribution in [0.4, 0.5) is 0 Å². The van der Waals surface area contributed by atoms with Gasteiger partial charge < -0.3 is 5.21 Å². The molecule has 1 atom stereocenters. The molecule has 3 nitrogen and oxygen atoms in total. The molecule has 0 saturated carbocycles. The third-order valence-corrected chi connectivity index (χ3v) is 1.78. The predicted octanol–water partition coefficient (Wildman–Crippen LogP) is 1.84. The quantitative estimate of drug-likeness (QED) is 0.384. The molecule has 0 heterocycles. The summed E-state index contributed by atoms with van der Waals surface area (Å²) in [4.78, 5) is 11.1. The Labute approximate surface area is 67.1 Å². The summed E-state index contributed by atoms with van der Waals surface area (Å²) in [6.07, 6.45) is 1.46. The Morgan fingerprint density at radius 3 is 2.55 bits per heavy atom. The summed E-state index contributed by atoms with van der Waals surface area (Å²) in [6, 6.07) is 0. The lowest BCUT2D eigenvalue weighted by Gasteiger charge is -2.04. The first-order valence-electron chi connectivity index (χ1n) is 3.83. The molecule has 3 heteroatoms. The van der Waals surface area contributed by atoms with E-state index < -0.39 is 0 Å². The van der Waals surface area contributed by atoms with Gasteiger partial charge in [0.05, 0.1) is 0 Å². The summed E-state index contributed by atoms with van der Waals surface area (Å²) in [5.74, 6) is 0.307. The van der Waals surface area contributed by atoms with Gasteiger partial charge in [0, 0.05) is 6.42 Å². The van der Waals surface area contributed by atoms with E-state index in [4.69, 9.17) is 5.21 Å². The van der Waals surface area contributed by atoms with Gasteiger partial charge in [0.2, 0.25) is 0 Å². The normalized spacial score (nSPS) is 14.6. The topological polar surface area (TPSA) is 49.7 Å². The molecule has 0 aliphatic rings. The van der Waals surface area contributed by atoms with E-state index in [-0.39, 0.29) is 11.5 Å². The smallest absolute Gasteiger partial charge is 0.180 e. The number of hydrogen-bond donors (Lipinski definition) is 1. The number of nitrogens with zero attached hydrogens (tertiary/aromatic N) is 1. The first-order valence-corrected chi connectivity index (χ1v) is 3.83. The number of carbonyl (C=O) groups is 1. The van der Waals surface area contributed by atoms with Crippen molar-refractivity contribution in [3.8, 4) is 0 Å². The Hall–Kier alpha value is -0.860. The maximum atomic E-state index is 11.1. The van der Waals surface area contributed by atoms with Crippen LogP contribution in [-0.4, -0.2) is 16.7 Å². The standard InChI is InChI=1S/C8H15NO2/c1-4-6(2)5-8(10)7(3)9-11/h6,11H,4-5H2,1-3H3/b9-7-. The van der Waals surface area contributed by atoms with Crippen LogP contribution in [0.5, 0.6) is 0 Å². The van der Waals surface area contributed by atoms with Crippen LogP contribution in [0.1, 0.15) is 33.6 Å². The van der Waals surface area contributed by atoms with E-state index >= 15 is 0 Å². The molecule has 0 aliphatic carbocycles. The molecule has 0 saturated heterocycles. The molecule has 0 bridgehead atoms. The predicted molar refractivity (Wildman–Crippen MR) is 44.0 cm³/mol. The molecule has 0 rings (SSSR count).